The first-order valence-electron chi connectivity index (χ1n) is 6.29. The molecule has 3 aliphatic rings. The summed E-state index contributed by atoms with van der Waals surface area (Å²) in [6.45, 7) is 5.03. The molecule has 0 aromatic carbocycles. The molecule has 0 N–H and O–H groups in total. The third-order valence-corrected chi connectivity index (χ3v) is 5.52. The highest BCUT2D eigenvalue weighted by molar-refractivity contribution is 5.04. The zero-order chi connectivity index (χ0) is 9.00. The first-order chi connectivity index (χ1) is 6.29. The fourth-order valence-electron chi connectivity index (χ4n) is 4.91. The summed E-state index contributed by atoms with van der Waals surface area (Å²) in [6, 6.07) is 0. The minimum atomic E-state index is 1.07. The molecule has 3 aliphatic carbocycles. The summed E-state index contributed by atoms with van der Waals surface area (Å²) >= 11 is 0. The highest BCUT2D eigenvalue weighted by Crippen LogP contribution is 2.62. The van der Waals surface area contributed by atoms with E-state index in [4.69, 9.17) is 0 Å². The van der Waals surface area contributed by atoms with E-state index in [9.17, 15) is 0 Å². The van der Waals surface area contributed by atoms with E-state index < -0.39 is 0 Å². The number of rotatable bonds is 0. The lowest BCUT2D eigenvalue weighted by Gasteiger charge is -2.43. The van der Waals surface area contributed by atoms with Gasteiger partial charge in [0.2, 0.25) is 0 Å². The Morgan fingerprint density at radius 2 is 1.54 bits per heavy atom. The molecule has 74 valence electrons. The molecule has 6 unspecified atom stereocenters. The van der Waals surface area contributed by atoms with Gasteiger partial charge in [0.1, 0.15) is 0 Å². The summed E-state index contributed by atoms with van der Waals surface area (Å²) in [7, 11) is 0. The maximum absolute atomic E-state index is 2.54. The van der Waals surface area contributed by atoms with Crippen molar-refractivity contribution in [1.29, 1.82) is 0 Å². The zero-order valence-corrected chi connectivity index (χ0v) is 9.00. The Bertz CT molecular complexity index is 202. The summed E-state index contributed by atoms with van der Waals surface area (Å²) in [5.41, 5.74) is 0. The van der Waals surface area contributed by atoms with Crippen LogP contribution >= 0.6 is 0 Å². The Labute approximate surface area is 82.1 Å². The molecule has 0 saturated heterocycles. The van der Waals surface area contributed by atoms with Crippen molar-refractivity contribution >= 4 is 0 Å². The van der Waals surface area contributed by atoms with Gasteiger partial charge in [0.05, 0.1) is 0 Å². The van der Waals surface area contributed by atoms with Gasteiger partial charge in [-0.3, -0.25) is 0 Å². The second kappa shape index (κ2) is 2.74. The van der Waals surface area contributed by atoms with E-state index in [0.29, 0.717) is 0 Å². The van der Waals surface area contributed by atoms with E-state index in [1.54, 1.807) is 19.3 Å². The summed E-state index contributed by atoms with van der Waals surface area (Å²) in [5, 5.41) is 0. The fourth-order valence-corrected chi connectivity index (χ4v) is 4.91. The summed E-state index contributed by atoms with van der Waals surface area (Å²) in [5.74, 6) is 6.72. The van der Waals surface area contributed by atoms with Crippen molar-refractivity contribution in [2.45, 2.75) is 46.0 Å². The van der Waals surface area contributed by atoms with Crippen molar-refractivity contribution in [2.75, 3.05) is 0 Å². The lowest BCUT2D eigenvalue weighted by atomic mass is 9.62. The Morgan fingerprint density at radius 1 is 0.846 bits per heavy atom. The van der Waals surface area contributed by atoms with Gasteiger partial charge in [0.25, 0.3) is 0 Å². The summed E-state index contributed by atoms with van der Waals surface area (Å²) < 4.78 is 0. The van der Waals surface area contributed by atoms with Crippen LogP contribution in [0.25, 0.3) is 0 Å². The number of hydrogen-bond acceptors (Lipinski definition) is 0. The second-order valence-corrected chi connectivity index (χ2v) is 5.93. The van der Waals surface area contributed by atoms with Crippen LogP contribution in [0, 0.1) is 35.5 Å². The Balaban J connectivity index is 1.84. The molecule has 0 aromatic heterocycles. The third kappa shape index (κ3) is 0.980. The van der Waals surface area contributed by atoms with Crippen molar-refractivity contribution in [3.8, 4) is 0 Å². The minimum Gasteiger partial charge on any atom is -0.0622 e. The average Bonchev–Trinajstić information content (AvgIpc) is 2.35. The predicted octanol–water partition coefficient (Wildman–Crippen LogP) is 3.71. The highest BCUT2D eigenvalue weighted by atomic mass is 14.6. The molecule has 0 aromatic rings. The van der Waals surface area contributed by atoms with Crippen LogP contribution in [0.5, 0.6) is 0 Å². The molecule has 0 heteroatoms. The number of fused-ring (bicyclic) bond motifs is 3. The molecule has 0 amide bonds. The van der Waals surface area contributed by atoms with Crippen LogP contribution in [0.2, 0.25) is 0 Å². The second-order valence-electron chi connectivity index (χ2n) is 5.93. The van der Waals surface area contributed by atoms with Crippen molar-refractivity contribution in [3.05, 3.63) is 0 Å². The molecule has 3 fully saturated rings. The first kappa shape index (κ1) is 8.32. The van der Waals surface area contributed by atoms with Gasteiger partial charge in [0, 0.05) is 0 Å². The normalized spacial score (nSPS) is 59.5. The van der Waals surface area contributed by atoms with Crippen molar-refractivity contribution in [1.82, 2.24) is 0 Å². The molecular formula is C13H22. The molecule has 0 spiro atoms. The van der Waals surface area contributed by atoms with E-state index in [-0.39, 0.29) is 0 Å². The van der Waals surface area contributed by atoms with Crippen molar-refractivity contribution < 1.29 is 0 Å². The van der Waals surface area contributed by atoms with Gasteiger partial charge in [-0.05, 0) is 54.8 Å². The van der Waals surface area contributed by atoms with Crippen LogP contribution < -0.4 is 0 Å². The molecule has 0 aliphatic heterocycles. The molecule has 3 saturated carbocycles. The highest BCUT2D eigenvalue weighted by Gasteiger charge is 2.55. The third-order valence-electron chi connectivity index (χ3n) is 5.52. The Hall–Kier alpha value is 0. The van der Waals surface area contributed by atoms with Crippen LogP contribution in [-0.2, 0) is 0 Å². The molecule has 0 heterocycles. The van der Waals surface area contributed by atoms with Crippen LogP contribution in [0.15, 0.2) is 0 Å². The van der Waals surface area contributed by atoms with E-state index in [2.05, 4.69) is 13.8 Å². The summed E-state index contributed by atoms with van der Waals surface area (Å²) in [4.78, 5) is 0. The van der Waals surface area contributed by atoms with Gasteiger partial charge in [-0.25, -0.2) is 0 Å². The predicted molar refractivity (Wildman–Crippen MR) is 55.4 cm³/mol. The van der Waals surface area contributed by atoms with Crippen LogP contribution in [0.3, 0.4) is 0 Å². The van der Waals surface area contributed by atoms with Crippen LogP contribution in [0.1, 0.15) is 46.0 Å². The molecule has 0 nitrogen and oxygen atoms in total. The SMILES string of the molecule is CC1CC2C(C)C3CCCCC3C12. The maximum Gasteiger partial charge on any atom is -0.0326 e. The standard InChI is InChI=1S/C13H22/c1-8-7-12-9(2)10-5-3-4-6-11(10)13(8)12/h8-13H,3-7H2,1-2H3. The molecular weight excluding hydrogens is 156 g/mol. The van der Waals surface area contributed by atoms with Crippen molar-refractivity contribution in [2.24, 2.45) is 35.5 Å². The molecule has 13 heavy (non-hydrogen) atoms. The fraction of sp³-hybridized carbons (Fsp3) is 1.00. The quantitative estimate of drug-likeness (QED) is 0.530. The molecule has 3 rings (SSSR count). The summed E-state index contributed by atoms with van der Waals surface area (Å²) in [6.07, 6.45) is 7.74. The van der Waals surface area contributed by atoms with E-state index in [0.717, 1.165) is 35.5 Å². The topological polar surface area (TPSA) is 0 Å². The van der Waals surface area contributed by atoms with E-state index in [1.807, 2.05) is 0 Å². The van der Waals surface area contributed by atoms with Gasteiger partial charge < -0.3 is 0 Å². The van der Waals surface area contributed by atoms with Gasteiger partial charge in [0.15, 0.2) is 0 Å². The molecule has 0 radical (unpaired) electrons. The average molecular weight is 178 g/mol. The monoisotopic (exact) mass is 178 g/mol. The van der Waals surface area contributed by atoms with Gasteiger partial charge >= 0.3 is 0 Å². The smallest absolute Gasteiger partial charge is 0.0326 e. The van der Waals surface area contributed by atoms with E-state index in [1.165, 1.54) is 12.8 Å². The van der Waals surface area contributed by atoms with E-state index >= 15 is 0 Å². The zero-order valence-electron chi connectivity index (χ0n) is 9.00. The molecule has 6 atom stereocenters. The largest absolute Gasteiger partial charge is 0.0622 e. The Kier molecular flexibility index (Phi) is 1.76. The molecule has 0 bridgehead atoms. The lowest BCUT2D eigenvalue weighted by molar-refractivity contribution is 0.0590. The lowest BCUT2D eigenvalue weighted by Crippen LogP contribution is -2.36. The first-order valence-corrected chi connectivity index (χ1v) is 6.29. The minimum absolute atomic E-state index is 1.07. The van der Waals surface area contributed by atoms with Crippen LogP contribution in [0.4, 0.5) is 0 Å². The van der Waals surface area contributed by atoms with Gasteiger partial charge in [-0.2, -0.15) is 0 Å². The Morgan fingerprint density at radius 3 is 2.23 bits per heavy atom. The van der Waals surface area contributed by atoms with Crippen molar-refractivity contribution in [3.63, 3.8) is 0 Å². The van der Waals surface area contributed by atoms with Gasteiger partial charge in [-0.1, -0.05) is 26.7 Å². The maximum atomic E-state index is 2.54. The number of hydrogen-bond donors (Lipinski definition) is 0. The van der Waals surface area contributed by atoms with Crippen LogP contribution in [-0.4, -0.2) is 0 Å². The van der Waals surface area contributed by atoms with Gasteiger partial charge in [-0.15, -0.1) is 0 Å².